The van der Waals surface area contributed by atoms with E-state index in [0.717, 1.165) is 17.7 Å². The van der Waals surface area contributed by atoms with E-state index >= 15 is 0 Å². The van der Waals surface area contributed by atoms with Crippen LogP contribution in [0.1, 0.15) is 29.7 Å². The van der Waals surface area contributed by atoms with Gasteiger partial charge in [0.15, 0.2) is 0 Å². The van der Waals surface area contributed by atoms with Crippen LogP contribution in [0.3, 0.4) is 0 Å². The number of hydrogen-bond acceptors (Lipinski definition) is 2. The average Bonchev–Trinajstić information content (AvgIpc) is 2.40. The summed E-state index contributed by atoms with van der Waals surface area (Å²) in [7, 11) is 0. The van der Waals surface area contributed by atoms with Crippen LogP contribution in [0.2, 0.25) is 10.0 Å². The zero-order valence-electron chi connectivity index (χ0n) is 11.0. The van der Waals surface area contributed by atoms with E-state index in [1.807, 2.05) is 24.4 Å². The fourth-order valence-corrected chi connectivity index (χ4v) is 2.51. The lowest BCUT2D eigenvalue weighted by atomic mass is 9.96. The van der Waals surface area contributed by atoms with E-state index in [-0.39, 0.29) is 6.04 Å². The smallest absolute Gasteiger partial charge is 0.0609 e. The van der Waals surface area contributed by atoms with Crippen molar-refractivity contribution in [1.82, 2.24) is 10.3 Å². The summed E-state index contributed by atoms with van der Waals surface area (Å²) >= 11 is 12.4. The van der Waals surface area contributed by atoms with Gasteiger partial charge in [-0.2, -0.15) is 0 Å². The van der Waals surface area contributed by atoms with Crippen LogP contribution in [0.25, 0.3) is 0 Å². The van der Waals surface area contributed by atoms with Crippen molar-refractivity contribution < 1.29 is 0 Å². The lowest BCUT2D eigenvalue weighted by molar-refractivity contribution is 0.626. The van der Waals surface area contributed by atoms with Gasteiger partial charge in [-0.25, -0.2) is 0 Å². The first-order valence-corrected chi connectivity index (χ1v) is 6.98. The van der Waals surface area contributed by atoms with Gasteiger partial charge in [0.1, 0.15) is 0 Å². The summed E-state index contributed by atoms with van der Waals surface area (Å²) in [5.74, 6) is 0. The summed E-state index contributed by atoms with van der Waals surface area (Å²) in [5, 5.41) is 4.83. The first-order chi connectivity index (χ1) is 9.13. The van der Waals surface area contributed by atoms with Gasteiger partial charge < -0.3 is 5.32 Å². The van der Waals surface area contributed by atoms with E-state index in [1.54, 1.807) is 12.3 Å². The van der Waals surface area contributed by atoms with Crippen molar-refractivity contribution in [2.75, 3.05) is 6.54 Å². The zero-order chi connectivity index (χ0) is 13.8. The summed E-state index contributed by atoms with van der Waals surface area (Å²) in [4.78, 5) is 4.21. The second-order valence-corrected chi connectivity index (χ2v) is 5.23. The Bertz CT molecular complexity index is 570. The van der Waals surface area contributed by atoms with Crippen molar-refractivity contribution in [3.63, 3.8) is 0 Å². The molecule has 2 nitrogen and oxygen atoms in total. The quantitative estimate of drug-likeness (QED) is 0.904. The Morgan fingerprint density at radius 1 is 1.21 bits per heavy atom. The monoisotopic (exact) mass is 294 g/mol. The van der Waals surface area contributed by atoms with E-state index < -0.39 is 0 Å². The van der Waals surface area contributed by atoms with Gasteiger partial charge in [0.05, 0.1) is 6.04 Å². The maximum atomic E-state index is 6.31. The van der Waals surface area contributed by atoms with Gasteiger partial charge in [0.2, 0.25) is 0 Å². The summed E-state index contributed by atoms with van der Waals surface area (Å²) < 4.78 is 0. The second-order valence-electron chi connectivity index (χ2n) is 4.39. The molecule has 2 rings (SSSR count). The second kappa shape index (κ2) is 6.38. The van der Waals surface area contributed by atoms with Crippen molar-refractivity contribution in [3.05, 3.63) is 63.4 Å². The van der Waals surface area contributed by atoms with Gasteiger partial charge in [-0.15, -0.1) is 0 Å². The molecule has 4 heteroatoms. The van der Waals surface area contributed by atoms with Crippen LogP contribution in [0.4, 0.5) is 0 Å². The number of nitrogens with one attached hydrogen (secondary N) is 1. The van der Waals surface area contributed by atoms with Crippen molar-refractivity contribution in [2.45, 2.75) is 19.9 Å². The van der Waals surface area contributed by atoms with E-state index in [2.05, 4.69) is 24.1 Å². The Morgan fingerprint density at radius 2 is 2.00 bits per heavy atom. The summed E-state index contributed by atoms with van der Waals surface area (Å²) in [6.45, 7) is 4.97. The molecule has 0 aliphatic carbocycles. The molecule has 0 saturated heterocycles. The molecular formula is C15H16Cl2N2. The molecule has 1 unspecified atom stereocenters. The van der Waals surface area contributed by atoms with Crippen molar-refractivity contribution in [3.8, 4) is 0 Å². The molecule has 0 fully saturated rings. The fraction of sp³-hybridized carbons (Fsp3) is 0.267. The Hall–Kier alpha value is -1.09. The van der Waals surface area contributed by atoms with Gasteiger partial charge in [-0.3, -0.25) is 4.98 Å². The summed E-state index contributed by atoms with van der Waals surface area (Å²) in [6.07, 6.45) is 3.67. The van der Waals surface area contributed by atoms with E-state index in [9.17, 15) is 0 Å². The number of nitrogens with zero attached hydrogens (tertiary/aromatic N) is 1. The first-order valence-electron chi connectivity index (χ1n) is 6.22. The number of hydrogen-bond donors (Lipinski definition) is 1. The van der Waals surface area contributed by atoms with Crippen molar-refractivity contribution >= 4 is 23.2 Å². The molecule has 0 radical (unpaired) electrons. The first kappa shape index (κ1) is 14.3. The highest BCUT2D eigenvalue weighted by Gasteiger charge is 2.18. The third-order valence-corrected chi connectivity index (χ3v) is 3.65. The number of aromatic nitrogens is 1. The predicted octanol–water partition coefficient (Wildman–Crippen LogP) is 4.40. The number of halogens is 2. The molecule has 1 aromatic carbocycles. The Balaban J connectivity index is 2.51. The SMILES string of the molecule is CCNC(c1cnccc1C)c1cc(Cl)ccc1Cl. The molecule has 19 heavy (non-hydrogen) atoms. The maximum absolute atomic E-state index is 6.31. The summed E-state index contributed by atoms with van der Waals surface area (Å²) in [6, 6.07) is 7.54. The highest BCUT2D eigenvalue weighted by atomic mass is 35.5. The van der Waals surface area contributed by atoms with Gasteiger partial charge >= 0.3 is 0 Å². The molecule has 0 bridgehead atoms. The minimum Gasteiger partial charge on any atom is -0.306 e. The predicted molar refractivity (Wildman–Crippen MR) is 81.0 cm³/mol. The number of aryl methyl sites for hydroxylation is 1. The van der Waals surface area contributed by atoms with E-state index in [0.29, 0.717) is 10.0 Å². The van der Waals surface area contributed by atoms with Crippen molar-refractivity contribution in [1.29, 1.82) is 0 Å². The van der Waals surface area contributed by atoms with Gasteiger partial charge in [-0.1, -0.05) is 30.1 Å². The van der Waals surface area contributed by atoms with Crippen LogP contribution in [0.15, 0.2) is 36.7 Å². The Morgan fingerprint density at radius 3 is 2.68 bits per heavy atom. The van der Waals surface area contributed by atoms with Crippen LogP contribution >= 0.6 is 23.2 Å². The van der Waals surface area contributed by atoms with Gasteiger partial charge in [0.25, 0.3) is 0 Å². The molecule has 1 aromatic heterocycles. The molecule has 1 N–H and O–H groups in total. The maximum Gasteiger partial charge on any atom is 0.0609 e. The molecular weight excluding hydrogens is 279 g/mol. The standard InChI is InChI=1S/C15H16Cl2N2/c1-3-19-15(13-9-18-7-6-10(13)2)12-8-11(16)4-5-14(12)17/h4-9,15,19H,3H2,1-2H3. The summed E-state index contributed by atoms with van der Waals surface area (Å²) in [5.41, 5.74) is 3.28. The molecule has 1 heterocycles. The Labute approximate surface area is 123 Å². The molecule has 0 aliphatic heterocycles. The number of benzene rings is 1. The Kier molecular flexibility index (Phi) is 4.81. The van der Waals surface area contributed by atoms with Gasteiger partial charge in [-0.05, 0) is 54.4 Å². The number of rotatable bonds is 4. The van der Waals surface area contributed by atoms with E-state index in [1.165, 1.54) is 5.56 Å². The minimum absolute atomic E-state index is 0.00454. The third kappa shape index (κ3) is 3.27. The van der Waals surface area contributed by atoms with Crippen LogP contribution in [-0.2, 0) is 0 Å². The average molecular weight is 295 g/mol. The highest BCUT2D eigenvalue weighted by molar-refractivity contribution is 6.33. The molecule has 0 aliphatic rings. The molecule has 100 valence electrons. The molecule has 0 spiro atoms. The van der Waals surface area contributed by atoms with Crippen LogP contribution in [-0.4, -0.2) is 11.5 Å². The largest absolute Gasteiger partial charge is 0.306 e. The molecule has 1 atom stereocenters. The lowest BCUT2D eigenvalue weighted by Gasteiger charge is -2.21. The normalized spacial score (nSPS) is 12.4. The third-order valence-electron chi connectivity index (χ3n) is 3.07. The topological polar surface area (TPSA) is 24.9 Å². The van der Waals surface area contributed by atoms with Crippen molar-refractivity contribution in [2.24, 2.45) is 0 Å². The molecule has 0 amide bonds. The zero-order valence-corrected chi connectivity index (χ0v) is 12.5. The molecule has 2 aromatic rings. The van der Waals surface area contributed by atoms with Crippen LogP contribution in [0, 0.1) is 6.92 Å². The fourth-order valence-electron chi connectivity index (χ4n) is 2.11. The molecule has 0 saturated carbocycles. The minimum atomic E-state index is 0.00454. The highest BCUT2D eigenvalue weighted by Crippen LogP contribution is 2.31. The van der Waals surface area contributed by atoms with Crippen LogP contribution in [0.5, 0.6) is 0 Å². The van der Waals surface area contributed by atoms with E-state index in [4.69, 9.17) is 23.2 Å². The number of pyridine rings is 1. The lowest BCUT2D eigenvalue weighted by Crippen LogP contribution is -2.23. The van der Waals surface area contributed by atoms with Crippen LogP contribution < -0.4 is 5.32 Å². The van der Waals surface area contributed by atoms with Gasteiger partial charge in [0, 0.05) is 22.4 Å².